The number of thiophene rings is 1. The summed E-state index contributed by atoms with van der Waals surface area (Å²) in [6.07, 6.45) is 6.45. The zero-order chi connectivity index (χ0) is 13.2. The van der Waals surface area contributed by atoms with E-state index in [1.165, 1.54) is 27.7 Å². The maximum atomic E-state index is 5.64. The van der Waals surface area contributed by atoms with Crippen LogP contribution in [0.4, 0.5) is 0 Å². The van der Waals surface area contributed by atoms with Crippen molar-refractivity contribution in [1.82, 2.24) is 10.3 Å². The first-order valence-electron chi connectivity index (χ1n) is 6.71. The molecule has 0 amide bonds. The average molecular weight is 388 g/mol. The van der Waals surface area contributed by atoms with E-state index in [0.29, 0.717) is 6.04 Å². The van der Waals surface area contributed by atoms with E-state index >= 15 is 0 Å². The molecule has 2 heterocycles. The van der Waals surface area contributed by atoms with Crippen molar-refractivity contribution < 1.29 is 4.42 Å². The number of hydrogen-bond acceptors (Lipinski definition) is 4. The normalized spacial score (nSPS) is 18.5. The highest BCUT2D eigenvalue weighted by Gasteiger charge is 2.22. The summed E-state index contributed by atoms with van der Waals surface area (Å²) in [6.45, 7) is 2.80. The van der Waals surface area contributed by atoms with Gasteiger partial charge in [-0.3, -0.25) is 0 Å². The molecule has 1 aliphatic rings. The molecule has 0 aliphatic heterocycles. The maximum Gasteiger partial charge on any atom is 0.208 e. The van der Waals surface area contributed by atoms with Crippen LogP contribution in [-0.4, -0.2) is 4.98 Å². The molecule has 0 fully saturated rings. The van der Waals surface area contributed by atoms with Crippen LogP contribution in [0.3, 0.4) is 0 Å². The Bertz CT molecular complexity index is 564. The Balaban J connectivity index is 1.67. The molecule has 2 aromatic rings. The Morgan fingerprint density at radius 3 is 3.26 bits per heavy atom. The van der Waals surface area contributed by atoms with Crippen molar-refractivity contribution in [2.45, 2.75) is 45.2 Å². The molecule has 2 aromatic heterocycles. The van der Waals surface area contributed by atoms with E-state index in [9.17, 15) is 0 Å². The number of oxazole rings is 1. The molecule has 3 rings (SSSR count). The summed E-state index contributed by atoms with van der Waals surface area (Å²) in [5.41, 5.74) is 1.49. The molecule has 0 saturated heterocycles. The lowest BCUT2D eigenvalue weighted by Crippen LogP contribution is -2.24. The Labute approximate surface area is 131 Å². The van der Waals surface area contributed by atoms with E-state index in [-0.39, 0.29) is 0 Å². The minimum absolute atomic E-state index is 0.459. The molecule has 5 heteroatoms. The molecule has 102 valence electrons. The second kappa shape index (κ2) is 5.93. The highest BCUT2D eigenvalue weighted by atomic mass is 127. The fourth-order valence-electron chi connectivity index (χ4n) is 2.54. The van der Waals surface area contributed by atoms with Gasteiger partial charge in [-0.05, 0) is 53.5 Å². The summed E-state index contributed by atoms with van der Waals surface area (Å²) in [7, 11) is 0. The molecule has 0 spiro atoms. The van der Waals surface area contributed by atoms with Gasteiger partial charge in [0.15, 0.2) is 0 Å². The maximum absolute atomic E-state index is 5.64. The molecular weight excluding hydrogens is 371 g/mol. The molecule has 1 N–H and O–H groups in total. The number of hydrogen-bond donors (Lipinski definition) is 1. The fraction of sp³-hybridized carbons (Fsp3) is 0.500. The van der Waals surface area contributed by atoms with E-state index in [1.807, 2.05) is 17.5 Å². The summed E-state index contributed by atoms with van der Waals surface area (Å²) in [6, 6.07) is 2.78. The van der Waals surface area contributed by atoms with Crippen molar-refractivity contribution in [3.05, 3.63) is 37.2 Å². The van der Waals surface area contributed by atoms with Gasteiger partial charge in [-0.15, -0.1) is 11.3 Å². The van der Waals surface area contributed by atoms with E-state index in [2.05, 4.69) is 45.9 Å². The van der Waals surface area contributed by atoms with Gasteiger partial charge in [0.1, 0.15) is 5.76 Å². The topological polar surface area (TPSA) is 38.1 Å². The van der Waals surface area contributed by atoms with Gasteiger partial charge in [0, 0.05) is 17.3 Å². The van der Waals surface area contributed by atoms with Gasteiger partial charge in [0.25, 0.3) is 0 Å². The molecule has 1 aliphatic carbocycles. The number of rotatable bonds is 4. The predicted octanol–water partition coefficient (Wildman–Crippen LogP) is 4.07. The van der Waals surface area contributed by atoms with Gasteiger partial charge in [0.05, 0.1) is 15.6 Å². The van der Waals surface area contributed by atoms with Crippen LogP contribution >= 0.6 is 33.9 Å². The molecule has 3 nitrogen and oxygen atoms in total. The quantitative estimate of drug-likeness (QED) is 0.803. The third kappa shape index (κ3) is 3.03. The van der Waals surface area contributed by atoms with Gasteiger partial charge >= 0.3 is 0 Å². The standard InChI is InChI=1S/C14H17IN2OS/c1-2-9-7-17-14(18-9)8-16-11-4-3-5-12-10(11)6-13(15)19-12/h6-7,11,16H,2-5,8H2,1H3. The smallest absolute Gasteiger partial charge is 0.208 e. The highest BCUT2D eigenvalue weighted by Crippen LogP contribution is 2.36. The average Bonchev–Trinajstić information content (AvgIpc) is 3.01. The van der Waals surface area contributed by atoms with Crippen molar-refractivity contribution in [1.29, 1.82) is 0 Å². The van der Waals surface area contributed by atoms with Crippen LogP contribution in [0.25, 0.3) is 0 Å². The van der Waals surface area contributed by atoms with Crippen LogP contribution in [0.1, 0.15) is 47.9 Å². The largest absolute Gasteiger partial charge is 0.444 e. The molecule has 1 unspecified atom stereocenters. The number of halogens is 1. The van der Waals surface area contributed by atoms with Crippen molar-refractivity contribution in [3.8, 4) is 0 Å². The lowest BCUT2D eigenvalue weighted by atomic mass is 9.94. The van der Waals surface area contributed by atoms with Crippen LogP contribution in [0, 0.1) is 2.88 Å². The van der Waals surface area contributed by atoms with Gasteiger partial charge < -0.3 is 9.73 Å². The lowest BCUT2D eigenvalue weighted by molar-refractivity contribution is 0.398. The van der Waals surface area contributed by atoms with Crippen molar-refractivity contribution in [2.24, 2.45) is 0 Å². The number of aromatic nitrogens is 1. The summed E-state index contributed by atoms with van der Waals surface area (Å²) < 4.78 is 7.03. The Morgan fingerprint density at radius 2 is 2.47 bits per heavy atom. The summed E-state index contributed by atoms with van der Waals surface area (Å²) in [4.78, 5) is 5.86. The first-order valence-corrected chi connectivity index (χ1v) is 8.61. The second-order valence-corrected chi connectivity index (χ2v) is 7.86. The third-order valence-corrected chi connectivity index (χ3v) is 5.50. The minimum atomic E-state index is 0.459. The van der Waals surface area contributed by atoms with E-state index < -0.39 is 0 Å². The predicted molar refractivity (Wildman–Crippen MR) is 85.4 cm³/mol. The van der Waals surface area contributed by atoms with E-state index in [4.69, 9.17) is 4.42 Å². The van der Waals surface area contributed by atoms with Gasteiger partial charge in [-0.1, -0.05) is 6.92 Å². The van der Waals surface area contributed by atoms with Crippen molar-refractivity contribution >= 4 is 33.9 Å². The zero-order valence-electron chi connectivity index (χ0n) is 10.9. The Morgan fingerprint density at radius 1 is 1.58 bits per heavy atom. The first kappa shape index (κ1) is 13.6. The van der Waals surface area contributed by atoms with Crippen LogP contribution in [0.2, 0.25) is 0 Å². The fourth-order valence-corrected chi connectivity index (χ4v) is 4.66. The molecule has 0 aromatic carbocycles. The Hall–Kier alpha value is -0.400. The van der Waals surface area contributed by atoms with Crippen molar-refractivity contribution in [3.63, 3.8) is 0 Å². The van der Waals surface area contributed by atoms with Gasteiger partial charge in [-0.25, -0.2) is 4.98 Å². The number of nitrogens with one attached hydrogen (secondary N) is 1. The molecule has 1 atom stereocenters. The van der Waals surface area contributed by atoms with Crippen LogP contribution in [0.15, 0.2) is 16.7 Å². The molecular formula is C14H17IN2OS. The monoisotopic (exact) mass is 388 g/mol. The Kier molecular flexibility index (Phi) is 4.24. The summed E-state index contributed by atoms with van der Waals surface area (Å²) >= 11 is 4.35. The summed E-state index contributed by atoms with van der Waals surface area (Å²) in [5, 5.41) is 3.59. The molecule has 0 radical (unpaired) electrons. The van der Waals surface area contributed by atoms with Gasteiger partial charge in [0.2, 0.25) is 5.89 Å². The van der Waals surface area contributed by atoms with E-state index in [0.717, 1.165) is 24.6 Å². The first-order chi connectivity index (χ1) is 9.26. The van der Waals surface area contributed by atoms with Crippen LogP contribution < -0.4 is 5.32 Å². The lowest BCUT2D eigenvalue weighted by Gasteiger charge is -2.23. The van der Waals surface area contributed by atoms with E-state index in [1.54, 1.807) is 4.88 Å². The minimum Gasteiger partial charge on any atom is -0.444 e. The number of fused-ring (bicyclic) bond motifs is 1. The molecule has 0 saturated carbocycles. The van der Waals surface area contributed by atoms with Crippen molar-refractivity contribution in [2.75, 3.05) is 0 Å². The SMILES string of the molecule is CCc1cnc(CNC2CCCc3sc(I)cc32)o1. The zero-order valence-corrected chi connectivity index (χ0v) is 13.9. The van der Waals surface area contributed by atoms with Crippen LogP contribution in [-0.2, 0) is 19.4 Å². The van der Waals surface area contributed by atoms with Gasteiger partial charge in [-0.2, -0.15) is 0 Å². The second-order valence-electron chi connectivity index (χ2n) is 4.83. The highest BCUT2D eigenvalue weighted by molar-refractivity contribution is 14.1. The van der Waals surface area contributed by atoms with Crippen LogP contribution in [0.5, 0.6) is 0 Å². The number of nitrogens with zero attached hydrogens (tertiary/aromatic N) is 1. The number of aryl methyl sites for hydroxylation is 2. The molecule has 19 heavy (non-hydrogen) atoms. The third-order valence-electron chi connectivity index (χ3n) is 3.53. The molecule has 0 bridgehead atoms. The summed E-state index contributed by atoms with van der Waals surface area (Å²) in [5.74, 6) is 1.76.